The number of methoxy groups -OCH3 is 1. The van der Waals surface area contributed by atoms with E-state index in [1.54, 1.807) is 12.1 Å². The molecule has 0 bridgehead atoms. The molecule has 1 heterocycles. The summed E-state index contributed by atoms with van der Waals surface area (Å²) in [6, 6.07) is 10.1. The van der Waals surface area contributed by atoms with Crippen molar-refractivity contribution in [1.29, 1.82) is 0 Å². The molecule has 37 heavy (non-hydrogen) atoms. The highest BCUT2D eigenvalue weighted by Crippen LogP contribution is 2.39. The maximum Gasteiger partial charge on any atom is 0.306 e. The highest BCUT2D eigenvalue weighted by molar-refractivity contribution is 6.30. The van der Waals surface area contributed by atoms with E-state index in [2.05, 4.69) is 4.90 Å². The van der Waals surface area contributed by atoms with Gasteiger partial charge in [-0.15, -0.1) is 0 Å². The van der Waals surface area contributed by atoms with Crippen LogP contribution < -0.4 is 9.47 Å². The summed E-state index contributed by atoms with van der Waals surface area (Å²) in [6.45, 7) is 2.78. The van der Waals surface area contributed by atoms with E-state index >= 15 is 0 Å². The number of carbonyl (C=O) groups is 3. The molecule has 1 N–H and O–H groups in total. The summed E-state index contributed by atoms with van der Waals surface area (Å²) in [7, 11) is 1.53. The molecule has 0 aromatic heterocycles. The van der Waals surface area contributed by atoms with Gasteiger partial charge in [0.25, 0.3) is 0 Å². The lowest BCUT2D eigenvalue weighted by Gasteiger charge is -2.44. The van der Waals surface area contributed by atoms with Crippen LogP contribution >= 0.6 is 11.6 Å². The Morgan fingerprint density at radius 1 is 1.16 bits per heavy atom. The van der Waals surface area contributed by atoms with Crippen LogP contribution in [0, 0.1) is 11.7 Å². The normalized spacial score (nSPS) is 20.2. The molecular weight excluding hydrogens is 503 g/mol. The van der Waals surface area contributed by atoms with E-state index < -0.39 is 11.8 Å². The summed E-state index contributed by atoms with van der Waals surface area (Å²) in [6.07, 6.45) is 1.51. The SMILES string of the molecule is COc1cc(CN(C2CC(C(=O)O)C2)[C@H](C)c2ccc(Cl)c(F)c2)ccc1OCCN1C(=O)CCC1=O. The third kappa shape index (κ3) is 6.05. The lowest BCUT2D eigenvalue weighted by atomic mass is 9.78. The zero-order chi connectivity index (χ0) is 26.7. The Bertz CT molecular complexity index is 1170. The van der Waals surface area contributed by atoms with Crippen molar-refractivity contribution in [2.45, 2.75) is 51.2 Å². The van der Waals surface area contributed by atoms with Gasteiger partial charge in [-0.25, -0.2) is 4.39 Å². The molecule has 1 saturated heterocycles. The number of imide groups is 1. The number of hydrogen-bond acceptors (Lipinski definition) is 6. The summed E-state index contributed by atoms with van der Waals surface area (Å²) in [5, 5.41) is 9.41. The molecule has 10 heteroatoms. The van der Waals surface area contributed by atoms with E-state index in [1.807, 2.05) is 19.1 Å². The largest absolute Gasteiger partial charge is 0.493 e. The number of nitrogens with zero attached hydrogens (tertiary/aromatic N) is 2. The Labute approximate surface area is 219 Å². The lowest BCUT2D eigenvalue weighted by Crippen LogP contribution is -2.47. The summed E-state index contributed by atoms with van der Waals surface area (Å²) in [5.74, 6) is -1.08. The molecule has 1 aliphatic heterocycles. The fraction of sp³-hybridized carbons (Fsp3) is 0.444. The van der Waals surface area contributed by atoms with Gasteiger partial charge in [0.15, 0.2) is 11.5 Å². The van der Waals surface area contributed by atoms with E-state index in [0.717, 1.165) is 11.1 Å². The van der Waals surface area contributed by atoms with Crippen molar-refractivity contribution in [3.05, 3.63) is 58.4 Å². The van der Waals surface area contributed by atoms with Crippen LogP contribution in [-0.2, 0) is 20.9 Å². The number of halogens is 2. The van der Waals surface area contributed by atoms with Gasteiger partial charge in [0, 0.05) is 31.5 Å². The van der Waals surface area contributed by atoms with Crippen molar-refractivity contribution < 1.29 is 33.4 Å². The molecule has 1 saturated carbocycles. The summed E-state index contributed by atoms with van der Waals surface area (Å²) < 4.78 is 25.5. The number of ether oxygens (including phenoxy) is 2. The third-order valence-electron chi connectivity index (χ3n) is 7.18. The average Bonchev–Trinajstić information content (AvgIpc) is 3.16. The van der Waals surface area contributed by atoms with Crippen molar-refractivity contribution in [3.63, 3.8) is 0 Å². The van der Waals surface area contributed by atoms with Crippen LogP contribution in [-0.4, -0.2) is 59.0 Å². The van der Waals surface area contributed by atoms with E-state index in [-0.39, 0.29) is 60.8 Å². The van der Waals surface area contributed by atoms with Gasteiger partial charge in [0.2, 0.25) is 11.8 Å². The molecule has 0 unspecified atom stereocenters. The van der Waals surface area contributed by atoms with Gasteiger partial charge >= 0.3 is 5.97 Å². The number of hydrogen-bond donors (Lipinski definition) is 1. The highest BCUT2D eigenvalue weighted by Gasteiger charge is 2.40. The number of carboxylic acids is 1. The molecule has 0 radical (unpaired) electrons. The van der Waals surface area contributed by atoms with Crippen LogP contribution in [0.3, 0.4) is 0 Å². The Kier molecular flexibility index (Phi) is 8.34. The summed E-state index contributed by atoms with van der Waals surface area (Å²) in [5.41, 5.74) is 1.66. The van der Waals surface area contributed by atoms with Gasteiger partial charge in [-0.05, 0) is 55.2 Å². The van der Waals surface area contributed by atoms with Gasteiger partial charge in [0.1, 0.15) is 12.4 Å². The third-order valence-corrected chi connectivity index (χ3v) is 7.48. The molecule has 198 valence electrons. The number of amides is 2. The minimum Gasteiger partial charge on any atom is -0.493 e. The minimum atomic E-state index is -0.804. The monoisotopic (exact) mass is 532 g/mol. The molecule has 1 aliphatic carbocycles. The molecule has 2 aromatic rings. The molecule has 2 amide bonds. The Morgan fingerprint density at radius 3 is 2.49 bits per heavy atom. The maximum absolute atomic E-state index is 14.2. The van der Waals surface area contributed by atoms with Crippen molar-refractivity contribution >= 4 is 29.4 Å². The second-order valence-corrected chi connectivity index (χ2v) is 9.86. The number of carbonyl (C=O) groups excluding carboxylic acids is 2. The summed E-state index contributed by atoms with van der Waals surface area (Å²) in [4.78, 5) is 38.4. The first-order valence-corrected chi connectivity index (χ1v) is 12.6. The average molecular weight is 533 g/mol. The number of rotatable bonds is 11. The van der Waals surface area contributed by atoms with E-state index in [4.69, 9.17) is 21.1 Å². The number of aliphatic carboxylic acids is 1. The van der Waals surface area contributed by atoms with Gasteiger partial charge in [-0.2, -0.15) is 0 Å². The minimum absolute atomic E-state index is 0.0206. The van der Waals surface area contributed by atoms with Crippen LogP contribution in [0.1, 0.15) is 49.8 Å². The Balaban J connectivity index is 1.48. The van der Waals surface area contributed by atoms with E-state index in [9.17, 15) is 23.9 Å². The molecule has 2 aliphatic rings. The smallest absolute Gasteiger partial charge is 0.306 e. The molecule has 1 atom stereocenters. The Hall–Kier alpha value is -3.17. The zero-order valence-electron chi connectivity index (χ0n) is 20.8. The molecule has 2 fully saturated rings. The van der Waals surface area contributed by atoms with Gasteiger partial charge < -0.3 is 14.6 Å². The van der Waals surface area contributed by atoms with Crippen LogP contribution in [0.2, 0.25) is 5.02 Å². The van der Waals surface area contributed by atoms with E-state index in [0.29, 0.717) is 30.9 Å². The highest BCUT2D eigenvalue weighted by atomic mass is 35.5. The second kappa shape index (κ2) is 11.5. The molecule has 8 nitrogen and oxygen atoms in total. The molecule has 0 spiro atoms. The summed E-state index contributed by atoms with van der Waals surface area (Å²) >= 11 is 5.87. The van der Waals surface area contributed by atoms with Crippen LogP contribution in [0.5, 0.6) is 11.5 Å². The van der Waals surface area contributed by atoms with Crippen molar-refractivity contribution in [3.8, 4) is 11.5 Å². The fourth-order valence-corrected chi connectivity index (χ4v) is 4.98. The van der Waals surface area contributed by atoms with Crippen molar-refractivity contribution in [2.24, 2.45) is 5.92 Å². The Morgan fingerprint density at radius 2 is 1.86 bits per heavy atom. The topological polar surface area (TPSA) is 96.4 Å². The van der Waals surface area contributed by atoms with Crippen LogP contribution in [0.25, 0.3) is 0 Å². The lowest BCUT2D eigenvalue weighted by molar-refractivity contribution is -0.147. The predicted octanol–water partition coefficient (Wildman–Crippen LogP) is 4.44. The maximum atomic E-state index is 14.2. The van der Waals surface area contributed by atoms with Crippen LogP contribution in [0.15, 0.2) is 36.4 Å². The second-order valence-electron chi connectivity index (χ2n) is 9.46. The molecule has 2 aromatic carbocycles. The predicted molar refractivity (Wildman–Crippen MR) is 134 cm³/mol. The van der Waals surface area contributed by atoms with Crippen molar-refractivity contribution in [2.75, 3.05) is 20.3 Å². The quantitative estimate of drug-likeness (QED) is 0.427. The fourth-order valence-electron chi connectivity index (χ4n) is 4.87. The first kappa shape index (κ1) is 26.9. The van der Waals surface area contributed by atoms with Crippen LogP contribution in [0.4, 0.5) is 4.39 Å². The van der Waals surface area contributed by atoms with Crippen molar-refractivity contribution in [1.82, 2.24) is 9.80 Å². The molecule has 4 rings (SSSR count). The molecular formula is C27H30ClFN2O6. The van der Waals surface area contributed by atoms with Gasteiger partial charge in [0.05, 0.1) is 24.6 Å². The standard InChI is InChI=1S/C27H30ClFN2O6/c1-16(18-4-5-21(28)22(29)14-18)31(20-12-19(13-20)27(34)35)15-17-3-6-23(24(11-17)36-2)37-10-9-30-25(32)7-8-26(30)33/h3-6,11,14,16,19-20H,7-10,12-13,15H2,1-2H3,(H,34,35)/t16-,19?,20?/m1/s1. The number of likely N-dealkylation sites (tertiary alicyclic amines) is 1. The first-order valence-electron chi connectivity index (χ1n) is 12.2. The van der Waals surface area contributed by atoms with E-state index in [1.165, 1.54) is 24.1 Å². The zero-order valence-corrected chi connectivity index (χ0v) is 21.5. The number of benzene rings is 2. The first-order chi connectivity index (χ1) is 17.7. The van der Waals surface area contributed by atoms with Gasteiger partial charge in [-0.1, -0.05) is 23.7 Å². The van der Waals surface area contributed by atoms with Gasteiger partial charge in [-0.3, -0.25) is 24.2 Å². The number of carboxylic acid groups (broad SMARTS) is 1.